The summed E-state index contributed by atoms with van der Waals surface area (Å²) in [5.74, 6) is -0.0372. The summed E-state index contributed by atoms with van der Waals surface area (Å²) in [5, 5.41) is 14.1. The third-order valence-electron chi connectivity index (χ3n) is 6.02. The zero-order chi connectivity index (χ0) is 25.5. The van der Waals surface area contributed by atoms with E-state index in [0.717, 1.165) is 11.1 Å². The predicted octanol–water partition coefficient (Wildman–Crippen LogP) is 5.53. The molecule has 6 nitrogen and oxygen atoms in total. The van der Waals surface area contributed by atoms with Crippen molar-refractivity contribution in [2.45, 2.75) is 19.6 Å². The second-order valence-electron chi connectivity index (χ2n) is 8.80. The van der Waals surface area contributed by atoms with Gasteiger partial charge in [-0.05, 0) is 17.2 Å². The molecule has 0 bridgehead atoms. The van der Waals surface area contributed by atoms with Gasteiger partial charge < -0.3 is 15.3 Å². The summed E-state index contributed by atoms with van der Waals surface area (Å²) >= 11 is 6.50. The number of nitrogens with one attached hydrogen (secondary N) is 1. The van der Waals surface area contributed by atoms with Crippen LogP contribution >= 0.6 is 11.6 Å². The summed E-state index contributed by atoms with van der Waals surface area (Å²) in [4.78, 5) is 24.4. The van der Waals surface area contributed by atoms with Gasteiger partial charge in [-0.2, -0.15) is 0 Å². The highest BCUT2D eigenvalue weighted by Crippen LogP contribution is 2.30. The smallest absolute Gasteiger partial charge is 0.255 e. The van der Waals surface area contributed by atoms with Crippen LogP contribution in [-0.4, -0.2) is 34.6 Å². The molecule has 0 spiro atoms. The van der Waals surface area contributed by atoms with Crippen LogP contribution in [0.5, 0.6) is 0 Å². The number of amides is 1. The molecule has 4 aromatic rings. The highest BCUT2D eigenvalue weighted by atomic mass is 35.5. The Balaban J connectivity index is 1.57. The third kappa shape index (κ3) is 6.08. The average molecular weight is 501 g/mol. The molecule has 36 heavy (non-hydrogen) atoms. The Morgan fingerprint density at radius 3 is 2.33 bits per heavy atom. The first kappa shape index (κ1) is 25.4. The fourth-order valence-corrected chi connectivity index (χ4v) is 4.17. The van der Waals surface area contributed by atoms with Crippen LogP contribution in [0.4, 0.5) is 5.95 Å². The lowest BCUT2D eigenvalue weighted by Crippen LogP contribution is -2.31. The van der Waals surface area contributed by atoms with Gasteiger partial charge in [-0.3, -0.25) is 4.79 Å². The standard InChI is InChI=1S/C29H29ClN4O2/c1-20(27(35)22-13-7-4-8-14-22)17-31-28(36)24-18-32-29(34(2)19-21-11-5-3-6-12-21)33-26(24)23-15-9-10-16-25(23)30/h3-16,18,20,27,35H,17,19H2,1-2H3,(H,31,36). The minimum absolute atomic E-state index is 0.197. The molecule has 7 heteroatoms. The van der Waals surface area contributed by atoms with Crippen LogP contribution in [0.3, 0.4) is 0 Å². The van der Waals surface area contributed by atoms with Crippen molar-refractivity contribution in [2.24, 2.45) is 5.92 Å². The van der Waals surface area contributed by atoms with Gasteiger partial charge in [0.1, 0.15) is 0 Å². The Morgan fingerprint density at radius 2 is 1.64 bits per heavy atom. The van der Waals surface area contributed by atoms with Crippen LogP contribution < -0.4 is 10.2 Å². The fraction of sp³-hybridized carbons (Fsp3) is 0.207. The minimum Gasteiger partial charge on any atom is -0.388 e. The van der Waals surface area contributed by atoms with E-state index in [1.54, 1.807) is 6.07 Å². The molecule has 0 aliphatic carbocycles. The summed E-state index contributed by atoms with van der Waals surface area (Å²) in [6.07, 6.45) is 0.843. The lowest BCUT2D eigenvalue weighted by atomic mass is 9.97. The monoisotopic (exact) mass is 500 g/mol. The molecule has 0 saturated carbocycles. The number of aliphatic hydroxyl groups is 1. The van der Waals surface area contributed by atoms with Gasteiger partial charge in [-0.1, -0.05) is 97.4 Å². The van der Waals surface area contributed by atoms with Gasteiger partial charge in [-0.15, -0.1) is 0 Å². The molecule has 3 aromatic carbocycles. The first-order chi connectivity index (χ1) is 17.4. The van der Waals surface area contributed by atoms with Gasteiger partial charge in [0.15, 0.2) is 0 Å². The van der Waals surface area contributed by atoms with Crippen molar-refractivity contribution in [3.8, 4) is 11.3 Å². The summed E-state index contributed by atoms with van der Waals surface area (Å²) in [5.41, 5.74) is 3.36. The highest BCUT2D eigenvalue weighted by molar-refractivity contribution is 6.33. The van der Waals surface area contributed by atoms with Crippen LogP contribution in [0.25, 0.3) is 11.3 Å². The second-order valence-corrected chi connectivity index (χ2v) is 9.20. The van der Waals surface area contributed by atoms with Gasteiger partial charge in [0, 0.05) is 42.8 Å². The SMILES string of the molecule is CC(CNC(=O)c1cnc(N(C)Cc2ccccc2)nc1-c1ccccc1Cl)C(O)c1ccccc1. The number of rotatable bonds is 9. The molecular weight excluding hydrogens is 472 g/mol. The van der Waals surface area contributed by atoms with Crippen molar-refractivity contribution in [1.29, 1.82) is 0 Å². The van der Waals surface area contributed by atoms with Gasteiger partial charge in [0.2, 0.25) is 5.95 Å². The molecular formula is C29H29ClN4O2. The summed E-state index contributed by atoms with van der Waals surface area (Å²) in [6.45, 7) is 2.79. The number of anilines is 1. The van der Waals surface area contributed by atoms with Crippen LogP contribution in [-0.2, 0) is 6.54 Å². The molecule has 0 radical (unpaired) electrons. The number of aromatic nitrogens is 2. The van der Waals surface area contributed by atoms with E-state index < -0.39 is 6.10 Å². The van der Waals surface area contributed by atoms with Gasteiger partial charge in [0.25, 0.3) is 5.91 Å². The summed E-state index contributed by atoms with van der Waals surface area (Å²) < 4.78 is 0. The van der Waals surface area contributed by atoms with Crippen LogP contribution in [0.1, 0.15) is 34.5 Å². The maximum atomic E-state index is 13.3. The molecule has 0 saturated heterocycles. The molecule has 0 aliphatic heterocycles. The molecule has 2 N–H and O–H groups in total. The lowest BCUT2D eigenvalue weighted by Gasteiger charge is -2.21. The molecule has 4 rings (SSSR count). The van der Waals surface area contributed by atoms with E-state index in [0.29, 0.717) is 34.3 Å². The zero-order valence-corrected chi connectivity index (χ0v) is 21.1. The number of nitrogens with zero attached hydrogens (tertiary/aromatic N) is 3. The van der Waals surface area contributed by atoms with Crippen molar-refractivity contribution in [1.82, 2.24) is 15.3 Å². The summed E-state index contributed by atoms with van der Waals surface area (Å²) in [6, 6.07) is 26.7. The number of carbonyl (C=O) groups excluding carboxylic acids is 1. The Hall–Kier alpha value is -3.74. The average Bonchev–Trinajstić information content (AvgIpc) is 2.92. The number of halogens is 1. The number of hydrogen-bond donors (Lipinski definition) is 2. The van der Waals surface area contributed by atoms with Gasteiger partial charge in [-0.25, -0.2) is 9.97 Å². The predicted molar refractivity (Wildman–Crippen MR) is 144 cm³/mol. The molecule has 2 atom stereocenters. The van der Waals surface area contributed by atoms with E-state index in [2.05, 4.69) is 10.3 Å². The molecule has 184 valence electrons. The number of aliphatic hydroxyl groups excluding tert-OH is 1. The Labute approximate surface area is 216 Å². The first-order valence-corrected chi connectivity index (χ1v) is 12.2. The van der Waals surface area contributed by atoms with Crippen LogP contribution in [0.2, 0.25) is 5.02 Å². The molecule has 1 amide bonds. The van der Waals surface area contributed by atoms with E-state index in [9.17, 15) is 9.90 Å². The topological polar surface area (TPSA) is 78.4 Å². The number of carbonyl (C=O) groups is 1. The Kier molecular flexibility index (Phi) is 8.31. The first-order valence-electron chi connectivity index (χ1n) is 11.8. The van der Waals surface area contributed by atoms with Crippen LogP contribution in [0.15, 0.2) is 91.1 Å². The van der Waals surface area contributed by atoms with Crippen molar-refractivity contribution in [2.75, 3.05) is 18.5 Å². The van der Waals surface area contributed by atoms with E-state index in [4.69, 9.17) is 16.6 Å². The largest absolute Gasteiger partial charge is 0.388 e. The molecule has 1 heterocycles. The summed E-state index contributed by atoms with van der Waals surface area (Å²) in [7, 11) is 1.91. The Bertz CT molecular complexity index is 1300. The van der Waals surface area contributed by atoms with Crippen molar-refractivity contribution in [3.63, 3.8) is 0 Å². The van der Waals surface area contributed by atoms with Crippen molar-refractivity contribution >= 4 is 23.5 Å². The van der Waals surface area contributed by atoms with E-state index in [1.807, 2.05) is 97.7 Å². The molecule has 2 unspecified atom stereocenters. The quantitative estimate of drug-likeness (QED) is 0.316. The Morgan fingerprint density at radius 1 is 1.00 bits per heavy atom. The van der Waals surface area contributed by atoms with Crippen molar-refractivity contribution in [3.05, 3.63) is 113 Å². The molecule has 1 aromatic heterocycles. The minimum atomic E-state index is -0.695. The van der Waals surface area contributed by atoms with Gasteiger partial charge in [0.05, 0.1) is 17.4 Å². The molecule has 0 fully saturated rings. The number of hydrogen-bond acceptors (Lipinski definition) is 5. The fourth-order valence-electron chi connectivity index (χ4n) is 3.95. The maximum Gasteiger partial charge on any atom is 0.255 e. The van der Waals surface area contributed by atoms with E-state index in [-0.39, 0.29) is 18.4 Å². The second kappa shape index (κ2) is 11.8. The normalized spacial score (nSPS) is 12.6. The molecule has 0 aliphatic rings. The zero-order valence-electron chi connectivity index (χ0n) is 20.3. The van der Waals surface area contributed by atoms with Crippen LogP contribution in [0, 0.1) is 5.92 Å². The number of benzene rings is 3. The maximum absolute atomic E-state index is 13.3. The van der Waals surface area contributed by atoms with E-state index >= 15 is 0 Å². The lowest BCUT2D eigenvalue weighted by molar-refractivity contribution is 0.0896. The third-order valence-corrected chi connectivity index (χ3v) is 6.35. The van der Waals surface area contributed by atoms with Crippen molar-refractivity contribution < 1.29 is 9.90 Å². The highest BCUT2D eigenvalue weighted by Gasteiger charge is 2.22. The van der Waals surface area contributed by atoms with Gasteiger partial charge >= 0.3 is 0 Å². The van der Waals surface area contributed by atoms with E-state index in [1.165, 1.54) is 6.20 Å².